The third-order valence-electron chi connectivity index (χ3n) is 1.93. The van der Waals surface area contributed by atoms with Crippen molar-refractivity contribution in [2.75, 3.05) is 0 Å². The molecule has 2 nitrogen and oxygen atoms in total. The quantitative estimate of drug-likeness (QED) is 0.699. The van der Waals surface area contributed by atoms with E-state index in [1.54, 1.807) is 18.5 Å². The highest BCUT2D eigenvalue weighted by Gasteiger charge is 2.05. The van der Waals surface area contributed by atoms with Crippen molar-refractivity contribution in [3.8, 4) is 0 Å². The van der Waals surface area contributed by atoms with Crippen LogP contribution >= 0.6 is 21.7 Å². The Morgan fingerprint density at radius 3 is 2.58 bits per heavy atom. The van der Waals surface area contributed by atoms with Crippen LogP contribution in [0.1, 0.15) is 11.3 Å². The third-order valence-corrected chi connectivity index (χ3v) is 3.01. The summed E-state index contributed by atoms with van der Waals surface area (Å²) in [5.74, 6) is 0. The average Bonchev–Trinajstić information content (AvgIpc) is 2.08. The summed E-state index contributed by atoms with van der Waals surface area (Å²) in [6.45, 7) is 3.67. The lowest BCUT2D eigenvalue weighted by Gasteiger charge is -2.07. The molecular weight excluding hydrogens is 194 g/mol. The number of nitrogens with zero attached hydrogens (tertiary/aromatic N) is 1. The first-order chi connectivity index (χ1) is 5.57. The molecule has 1 aromatic heterocycles. The molecule has 0 atom stereocenters. The van der Waals surface area contributed by atoms with Gasteiger partial charge < -0.3 is 4.57 Å². The van der Waals surface area contributed by atoms with Crippen LogP contribution in [0.3, 0.4) is 0 Å². The van der Waals surface area contributed by atoms with Crippen molar-refractivity contribution < 1.29 is 0 Å². The SMILES string of the molecule is Cc1cc(SCl)c(C)n(C)c1=O. The number of rotatable bonds is 1. The fraction of sp³-hybridized carbons (Fsp3) is 0.375. The highest BCUT2D eigenvalue weighted by molar-refractivity contribution is 8.21. The second-order valence-electron chi connectivity index (χ2n) is 2.72. The Balaban J connectivity index is 3.50. The van der Waals surface area contributed by atoms with Gasteiger partial charge in [0.1, 0.15) is 0 Å². The molecule has 0 bridgehead atoms. The van der Waals surface area contributed by atoms with Crippen molar-refractivity contribution in [2.24, 2.45) is 7.05 Å². The minimum absolute atomic E-state index is 0.0435. The Labute approximate surface area is 80.0 Å². The van der Waals surface area contributed by atoms with Crippen molar-refractivity contribution >= 4 is 21.7 Å². The molecule has 0 unspecified atom stereocenters. The van der Waals surface area contributed by atoms with E-state index in [0.717, 1.165) is 27.1 Å². The molecule has 0 N–H and O–H groups in total. The van der Waals surface area contributed by atoms with E-state index in [1.165, 1.54) is 0 Å². The Morgan fingerprint density at radius 1 is 1.50 bits per heavy atom. The molecule has 0 saturated carbocycles. The highest BCUT2D eigenvalue weighted by Crippen LogP contribution is 2.24. The van der Waals surface area contributed by atoms with Crippen LogP contribution in [0.2, 0.25) is 0 Å². The lowest BCUT2D eigenvalue weighted by molar-refractivity contribution is 0.784. The predicted octanol–water partition coefficient (Wildman–Crippen LogP) is 2.25. The largest absolute Gasteiger partial charge is 0.315 e. The topological polar surface area (TPSA) is 22.0 Å². The van der Waals surface area contributed by atoms with Gasteiger partial charge in [-0.05, 0) is 41.6 Å². The maximum Gasteiger partial charge on any atom is 0.253 e. The molecule has 1 heterocycles. The van der Waals surface area contributed by atoms with Crippen LogP contribution < -0.4 is 5.56 Å². The van der Waals surface area contributed by atoms with Crippen LogP contribution in [0.4, 0.5) is 0 Å². The van der Waals surface area contributed by atoms with E-state index in [-0.39, 0.29) is 5.56 Å². The van der Waals surface area contributed by atoms with E-state index >= 15 is 0 Å². The number of pyridine rings is 1. The van der Waals surface area contributed by atoms with Gasteiger partial charge in [0, 0.05) is 23.2 Å². The molecule has 0 amide bonds. The molecule has 66 valence electrons. The number of halogens is 1. The minimum atomic E-state index is 0.0435. The molecule has 0 aromatic carbocycles. The van der Waals surface area contributed by atoms with E-state index in [4.69, 9.17) is 10.7 Å². The van der Waals surface area contributed by atoms with E-state index in [9.17, 15) is 4.79 Å². The lowest BCUT2D eigenvalue weighted by Crippen LogP contribution is -2.21. The van der Waals surface area contributed by atoms with Gasteiger partial charge in [0.05, 0.1) is 0 Å². The normalized spacial score (nSPS) is 10.3. The fourth-order valence-electron chi connectivity index (χ4n) is 1.02. The lowest BCUT2D eigenvalue weighted by atomic mass is 10.2. The second kappa shape index (κ2) is 3.54. The number of aromatic nitrogens is 1. The Morgan fingerprint density at radius 2 is 2.08 bits per heavy atom. The van der Waals surface area contributed by atoms with E-state index < -0.39 is 0 Å². The van der Waals surface area contributed by atoms with E-state index in [0.29, 0.717) is 0 Å². The van der Waals surface area contributed by atoms with Crippen LogP contribution in [0.25, 0.3) is 0 Å². The summed E-state index contributed by atoms with van der Waals surface area (Å²) in [4.78, 5) is 12.3. The van der Waals surface area contributed by atoms with Gasteiger partial charge in [-0.1, -0.05) is 0 Å². The first-order valence-corrected chi connectivity index (χ1v) is 5.18. The molecule has 0 saturated heterocycles. The predicted molar refractivity (Wildman–Crippen MR) is 52.9 cm³/mol. The first kappa shape index (κ1) is 9.68. The van der Waals surface area contributed by atoms with Gasteiger partial charge in [-0.15, -0.1) is 0 Å². The van der Waals surface area contributed by atoms with Crippen molar-refractivity contribution in [3.63, 3.8) is 0 Å². The van der Waals surface area contributed by atoms with E-state index in [1.807, 2.05) is 13.0 Å². The third kappa shape index (κ3) is 1.52. The van der Waals surface area contributed by atoms with Gasteiger partial charge in [-0.2, -0.15) is 0 Å². The number of hydrogen-bond acceptors (Lipinski definition) is 2. The molecule has 0 spiro atoms. The van der Waals surface area contributed by atoms with Crippen molar-refractivity contribution in [1.82, 2.24) is 4.57 Å². The summed E-state index contributed by atoms with van der Waals surface area (Å²) in [5, 5.41) is 0. The summed E-state index contributed by atoms with van der Waals surface area (Å²) in [6, 6.07) is 1.81. The molecule has 0 radical (unpaired) electrons. The smallest absolute Gasteiger partial charge is 0.253 e. The molecular formula is C8H10ClNOS. The standard InChI is InChI=1S/C8H10ClNOS/c1-5-4-7(12-9)6(2)10(3)8(5)11/h4H,1-3H3. The maximum absolute atomic E-state index is 11.4. The zero-order valence-corrected chi connectivity index (χ0v) is 8.79. The molecule has 0 aliphatic rings. The summed E-state index contributed by atoms with van der Waals surface area (Å²) >= 11 is 0. The van der Waals surface area contributed by atoms with Crippen molar-refractivity contribution in [1.29, 1.82) is 0 Å². The zero-order chi connectivity index (χ0) is 9.30. The summed E-state index contributed by atoms with van der Waals surface area (Å²) in [6.07, 6.45) is 0. The van der Waals surface area contributed by atoms with Crippen molar-refractivity contribution in [2.45, 2.75) is 18.7 Å². The van der Waals surface area contributed by atoms with Gasteiger partial charge in [0.2, 0.25) is 0 Å². The molecule has 0 aliphatic carbocycles. The van der Waals surface area contributed by atoms with E-state index in [2.05, 4.69) is 0 Å². The van der Waals surface area contributed by atoms with Crippen molar-refractivity contribution in [3.05, 3.63) is 27.7 Å². The van der Waals surface area contributed by atoms with Gasteiger partial charge in [-0.25, -0.2) is 0 Å². The number of hydrogen-bond donors (Lipinski definition) is 0. The molecule has 0 aliphatic heterocycles. The van der Waals surface area contributed by atoms with Gasteiger partial charge in [0.25, 0.3) is 5.56 Å². The Hall–Kier alpha value is -0.410. The monoisotopic (exact) mass is 203 g/mol. The minimum Gasteiger partial charge on any atom is -0.315 e. The first-order valence-electron chi connectivity index (χ1n) is 3.53. The van der Waals surface area contributed by atoms with Crippen LogP contribution in [0.15, 0.2) is 15.8 Å². The molecule has 0 fully saturated rings. The fourth-order valence-corrected chi connectivity index (χ4v) is 1.96. The second-order valence-corrected chi connectivity index (χ2v) is 3.78. The van der Waals surface area contributed by atoms with Crippen LogP contribution in [-0.4, -0.2) is 4.57 Å². The maximum atomic E-state index is 11.4. The van der Waals surface area contributed by atoms with Gasteiger partial charge in [0.15, 0.2) is 0 Å². The van der Waals surface area contributed by atoms with Gasteiger partial charge in [-0.3, -0.25) is 4.79 Å². The Kier molecular flexibility index (Phi) is 2.85. The van der Waals surface area contributed by atoms with Gasteiger partial charge >= 0.3 is 0 Å². The van der Waals surface area contributed by atoms with Crippen LogP contribution in [0.5, 0.6) is 0 Å². The summed E-state index contributed by atoms with van der Waals surface area (Å²) < 4.78 is 1.61. The van der Waals surface area contributed by atoms with Crippen LogP contribution in [0, 0.1) is 13.8 Å². The molecule has 1 aromatic rings. The molecule has 12 heavy (non-hydrogen) atoms. The molecule has 4 heteroatoms. The summed E-state index contributed by atoms with van der Waals surface area (Å²) in [5.41, 5.74) is 1.68. The summed E-state index contributed by atoms with van der Waals surface area (Å²) in [7, 11) is 8.53. The average molecular weight is 204 g/mol. The Bertz CT molecular complexity index is 359. The number of aryl methyl sites for hydroxylation is 1. The highest BCUT2D eigenvalue weighted by atomic mass is 35.7. The zero-order valence-electron chi connectivity index (χ0n) is 7.22. The van der Waals surface area contributed by atoms with Crippen LogP contribution in [-0.2, 0) is 7.05 Å². The molecule has 1 rings (SSSR count).